The molecule has 3 atom stereocenters. The molecule has 2 aromatic rings. The zero-order chi connectivity index (χ0) is 17.7. The van der Waals surface area contributed by atoms with Crippen LogP contribution >= 0.6 is 0 Å². The van der Waals surface area contributed by atoms with Gasteiger partial charge in [0.2, 0.25) is 0 Å². The first-order valence-electron chi connectivity index (χ1n) is 10.3. The second-order valence-electron chi connectivity index (χ2n) is 8.47. The highest BCUT2D eigenvalue weighted by molar-refractivity contribution is 5.30. The molecule has 5 heterocycles. The predicted molar refractivity (Wildman–Crippen MR) is 104 cm³/mol. The minimum absolute atomic E-state index is 0.640. The van der Waals surface area contributed by atoms with E-state index in [4.69, 9.17) is 0 Å². The summed E-state index contributed by atoms with van der Waals surface area (Å²) < 4.78 is 2.30. The molecule has 4 aliphatic heterocycles. The van der Waals surface area contributed by atoms with Gasteiger partial charge in [0.25, 0.3) is 0 Å². The van der Waals surface area contributed by atoms with Crippen molar-refractivity contribution in [3.63, 3.8) is 0 Å². The summed E-state index contributed by atoms with van der Waals surface area (Å²) in [7, 11) is 0. The third-order valence-electron chi connectivity index (χ3n) is 7.10. The standard InChI is InChI=1S/C22H30N4/c1-3-24-15-23-12-19(24)13-26-14-20(17-6-4-16(2)5-7-17)22-21(26)18-8-10-25(22)11-9-18/h4-7,12,15,18,20-22H,3,8-11,13-14H2,1-2H3/t20-,21-,22-/m1/s1. The maximum atomic E-state index is 4.40. The van der Waals surface area contributed by atoms with Gasteiger partial charge in [-0.3, -0.25) is 9.80 Å². The summed E-state index contributed by atoms with van der Waals surface area (Å²) in [5.41, 5.74) is 4.26. The highest BCUT2D eigenvalue weighted by atomic mass is 15.3. The lowest BCUT2D eigenvalue weighted by Crippen LogP contribution is -2.60. The second-order valence-corrected chi connectivity index (χ2v) is 8.47. The Morgan fingerprint density at radius 2 is 1.85 bits per heavy atom. The van der Waals surface area contributed by atoms with Crippen LogP contribution in [0, 0.1) is 12.8 Å². The number of rotatable bonds is 4. The van der Waals surface area contributed by atoms with E-state index in [0.717, 1.165) is 19.0 Å². The average Bonchev–Trinajstić information content (AvgIpc) is 3.29. The molecule has 1 aromatic heterocycles. The van der Waals surface area contributed by atoms with Gasteiger partial charge in [0.05, 0.1) is 12.0 Å². The van der Waals surface area contributed by atoms with Gasteiger partial charge in [-0.25, -0.2) is 4.98 Å². The van der Waals surface area contributed by atoms with Gasteiger partial charge in [0.1, 0.15) is 0 Å². The molecule has 0 aliphatic carbocycles. The third-order valence-corrected chi connectivity index (χ3v) is 7.10. The Labute approximate surface area is 156 Å². The van der Waals surface area contributed by atoms with E-state index in [0.29, 0.717) is 18.0 Å². The minimum Gasteiger partial charge on any atom is -0.334 e. The number of fused-ring (bicyclic) bond motifs is 2. The van der Waals surface area contributed by atoms with Gasteiger partial charge < -0.3 is 4.57 Å². The fraction of sp³-hybridized carbons (Fsp3) is 0.591. The van der Waals surface area contributed by atoms with Gasteiger partial charge in [0.15, 0.2) is 0 Å². The van der Waals surface area contributed by atoms with E-state index in [1.54, 1.807) is 0 Å². The van der Waals surface area contributed by atoms with E-state index >= 15 is 0 Å². The largest absolute Gasteiger partial charge is 0.334 e. The molecule has 4 fully saturated rings. The maximum Gasteiger partial charge on any atom is 0.0948 e. The van der Waals surface area contributed by atoms with Gasteiger partial charge in [-0.1, -0.05) is 29.8 Å². The number of hydrogen-bond donors (Lipinski definition) is 0. The van der Waals surface area contributed by atoms with E-state index in [-0.39, 0.29) is 0 Å². The Balaban J connectivity index is 1.47. The van der Waals surface area contributed by atoms with Gasteiger partial charge in [-0.05, 0) is 51.3 Å². The monoisotopic (exact) mass is 350 g/mol. The number of aromatic nitrogens is 2. The number of benzene rings is 1. The van der Waals surface area contributed by atoms with Crippen LogP contribution in [0.2, 0.25) is 0 Å². The zero-order valence-electron chi connectivity index (χ0n) is 16.0. The molecule has 4 aliphatic rings. The van der Waals surface area contributed by atoms with Crippen LogP contribution in [0.25, 0.3) is 0 Å². The van der Waals surface area contributed by atoms with E-state index in [1.807, 2.05) is 6.33 Å². The molecule has 0 N–H and O–H groups in total. The molecule has 26 heavy (non-hydrogen) atoms. The molecule has 0 amide bonds. The van der Waals surface area contributed by atoms with Crippen LogP contribution in [-0.4, -0.2) is 51.1 Å². The van der Waals surface area contributed by atoms with Crippen molar-refractivity contribution in [2.45, 2.75) is 57.8 Å². The predicted octanol–water partition coefficient (Wildman–Crippen LogP) is 3.27. The minimum atomic E-state index is 0.640. The summed E-state index contributed by atoms with van der Waals surface area (Å²) in [6.07, 6.45) is 6.81. The number of aryl methyl sites for hydroxylation is 2. The first kappa shape index (κ1) is 16.5. The van der Waals surface area contributed by atoms with Crippen LogP contribution in [0.3, 0.4) is 0 Å². The molecule has 0 radical (unpaired) electrons. The first-order valence-corrected chi connectivity index (χ1v) is 10.3. The first-order chi connectivity index (χ1) is 12.7. The van der Waals surface area contributed by atoms with Crippen LogP contribution in [0.1, 0.15) is 42.5 Å². The third kappa shape index (κ3) is 2.62. The molecular formula is C22H30N4. The molecule has 4 nitrogen and oxygen atoms in total. The molecule has 4 saturated heterocycles. The molecule has 2 bridgehead atoms. The summed E-state index contributed by atoms with van der Waals surface area (Å²) in [4.78, 5) is 9.98. The summed E-state index contributed by atoms with van der Waals surface area (Å²) in [5, 5.41) is 0. The van der Waals surface area contributed by atoms with Crippen LogP contribution in [-0.2, 0) is 13.1 Å². The molecule has 6 rings (SSSR count). The lowest BCUT2D eigenvalue weighted by Gasteiger charge is -2.51. The van der Waals surface area contributed by atoms with Crippen LogP contribution < -0.4 is 0 Å². The Kier molecular flexibility index (Phi) is 4.13. The summed E-state index contributed by atoms with van der Waals surface area (Å²) in [6, 6.07) is 10.7. The number of imidazole rings is 1. The van der Waals surface area contributed by atoms with Gasteiger partial charge in [-0.2, -0.15) is 0 Å². The zero-order valence-corrected chi connectivity index (χ0v) is 16.0. The second kappa shape index (κ2) is 6.50. The van der Waals surface area contributed by atoms with Crippen molar-refractivity contribution in [2.75, 3.05) is 19.6 Å². The molecule has 138 valence electrons. The molecule has 0 saturated carbocycles. The van der Waals surface area contributed by atoms with Crippen LogP contribution in [0.15, 0.2) is 36.8 Å². The van der Waals surface area contributed by atoms with Crippen molar-refractivity contribution in [3.05, 3.63) is 53.6 Å². The Morgan fingerprint density at radius 1 is 1.08 bits per heavy atom. The van der Waals surface area contributed by atoms with Gasteiger partial charge in [0, 0.05) is 43.8 Å². The van der Waals surface area contributed by atoms with Gasteiger partial charge >= 0.3 is 0 Å². The normalized spacial score (nSPS) is 33.5. The van der Waals surface area contributed by atoms with Crippen molar-refractivity contribution in [2.24, 2.45) is 5.92 Å². The molecule has 0 unspecified atom stereocenters. The van der Waals surface area contributed by atoms with Crippen LogP contribution in [0.4, 0.5) is 0 Å². The fourth-order valence-corrected chi connectivity index (χ4v) is 5.80. The quantitative estimate of drug-likeness (QED) is 0.846. The summed E-state index contributed by atoms with van der Waals surface area (Å²) in [5.74, 6) is 1.51. The number of likely N-dealkylation sites (tertiary alicyclic amines) is 1. The molecule has 1 aromatic carbocycles. The molecule has 0 spiro atoms. The van der Waals surface area contributed by atoms with Gasteiger partial charge in [-0.15, -0.1) is 0 Å². The highest BCUT2D eigenvalue weighted by Gasteiger charge is 2.53. The number of piperidine rings is 3. The van der Waals surface area contributed by atoms with Crippen molar-refractivity contribution in [3.8, 4) is 0 Å². The Morgan fingerprint density at radius 3 is 2.58 bits per heavy atom. The van der Waals surface area contributed by atoms with E-state index < -0.39 is 0 Å². The highest BCUT2D eigenvalue weighted by Crippen LogP contribution is 2.46. The SMILES string of the molecule is CCn1cncc1CN1C[C@H](c2ccc(C)cc2)[C@@H]2[C@H]1C1CCN2CC1. The van der Waals surface area contributed by atoms with E-state index in [2.05, 4.69) is 63.7 Å². The number of nitrogens with zero attached hydrogens (tertiary/aromatic N) is 4. The Hall–Kier alpha value is -1.65. The lowest BCUT2D eigenvalue weighted by atomic mass is 9.75. The summed E-state index contributed by atoms with van der Waals surface area (Å²) in [6.45, 7) is 10.2. The number of hydrogen-bond acceptors (Lipinski definition) is 3. The molecule has 4 heteroatoms. The van der Waals surface area contributed by atoms with E-state index in [1.165, 1.54) is 49.3 Å². The van der Waals surface area contributed by atoms with Crippen molar-refractivity contribution in [1.29, 1.82) is 0 Å². The average molecular weight is 351 g/mol. The van der Waals surface area contributed by atoms with Crippen molar-refractivity contribution >= 4 is 0 Å². The maximum absolute atomic E-state index is 4.40. The lowest BCUT2D eigenvalue weighted by molar-refractivity contribution is -0.00920. The molecular weight excluding hydrogens is 320 g/mol. The van der Waals surface area contributed by atoms with Crippen molar-refractivity contribution in [1.82, 2.24) is 19.4 Å². The summed E-state index contributed by atoms with van der Waals surface area (Å²) >= 11 is 0. The smallest absolute Gasteiger partial charge is 0.0948 e. The topological polar surface area (TPSA) is 24.3 Å². The van der Waals surface area contributed by atoms with E-state index in [9.17, 15) is 0 Å². The van der Waals surface area contributed by atoms with Crippen LogP contribution in [0.5, 0.6) is 0 Å². The fourth-order valence-electron chi connectivity index (χ4n) is 5.80. The Bertz CT molecular complexity index is 757. The van der Waals surface area contributed by atoms with Crippen molar-refractivity contribution < 1.29 is 0 Å².